The fourth-order valence-electron chi connectivity index (χ4n) is 2.49. The first-order valence-corrected chi connectivity index (χ1v) is 8.75. The maximum Gasteiger partial charge on any atom is 0.173 e. The second-order valence-electron chi connectivity index (χ2n) is 6.00. The summed E-state index contributed by atoms with van der Waals surface area (Å²) >= 11 is 5.45. The van der Waals surface area contributed by atoms with Crippen LogP contribution in [-0.4, -0.2) is 36.6 Å². The van der Waals surface area contributed by atoms with E-state index >= 15 is 0 Å². The van der Waals surface area contributed by atoms with Crippen molar-refractivity contribution in [3.05, 3.63) is 66.0 Å². The molecule has 0 radical (unpaired) electrons. The summed E-state index contributed by atoms with van der Waals surface area (Å²) in [5.74, 6) is -0.242. The van der Waals surface area contributed by atoms with Gasteiger partial charge in [-0.3, -0.25) is 9.36 Å². The predicted molar refractivity (Wildman–Crippen MR) is 103 cm³/mol. The van der Waals surface area contributed by atoms with Gasteiger partial charge in [-0.1, -0.05) is 12.1 Å². The fourth-order valence-corrected chi connectivity index (χ4v) is 2.67. The first-order chi connectivity index (χ1) is 12.5. The first kappa shape index (κ1) is 18.1. The molecule has 1 aromatic carbocycles. The molecule has 0 amide bonds. The van der Waals surface area contributed by atoms with Gasteiger partial charge in [-0.2, -0.15) is 10.2 Å². The SMILES string of the molecule is CCn1ccc(CN(C)C(=S)Nc2cnn(Cc3ccc(F)cc3)c2)n1. The van der Waals surface area contributed by atoms with Crippen LogP contribution in [0.15, 0.2) is 48.9 Å². The molecule has 8 heteroatoms. The number of nitrogens with one attached hydrogen (secondary N) is 1. The quantitative estimate of drug-likeness (QED) is 0.674. The van der Waals surface area contributed by atoms with Gasteiger partial charge in [-0.05, 0) is 42.9 Å². The average molecular weight is 372 g/mol. The van der Waals surface area contributed by atoms with E-state index in [1.54, 1.807) is 23.0 Å². The molecule has 0 saturated carbocycles. The van der Waals surface area contributed by atoms with Crippen molar-refractivity contribution in [2.24, 2.45) is 0 Å². The highest BCUT2D eigenvalue weighted by Gasteiger charge is 2.09. The molecule has 0 atom stereocenters. The zero-order valence-corrected chi connectivity index (χ0v) is 15.6. The Morgan fingerprint density at radius 3 is 2.69 bits per heavy atom. The van der Waals surface area contributed by atoms with Crippen molar-refractivity contribution in [1.29, 1.82) is 0 Å². The number of benzene rings is 1. The Labute approximate surface area is 157 Å². The van der Waals surface area contributed by atoms with Crippen molar-refractivity contribution < 1.29 is 4.39 Å². The maximum absolute atomic E-state index is 13.0. The summed E-state index contributed by atoms with van der Waals surface area (Å²) in [6.45, 7) is 4.09. The zero-order chi connectivity index (χ0) is 18.5. The lowest BCUT2D eigenvalue weighted by molar-refractivity contribution is 0.492. The Morgan fingerprint density at radius 2 is 2.00 bits per heavy atom. The van der Waals surface area contributed by atoms with Crippen molar-refractivity contribution in [3.63, 3.8) is 0 Å². The highest BCUT2D eigenvalue weighted by Crippen LogP contribution is 2.10. The van der Waals surface area contributed by atoms with E-state index in [2.05, 4.69) is 22.4 Å². The van der Waals surface area contributed by atoms with Gasteiger partial charge in [-0.15, -0.1) is 0 Å². The smallest absolute Gasteiger partial charge is 0.173 e. The van der Waals surface area contributed by atoms with E-state index in [0.29, 0.717) is 18.2 Å². The summed E-state index contributed by atoms with van der Waals surface area (Å²) in [5, 5.41) is 12.5. The number of aryl methyl sites for hydroxylation is 1. The van der Waals surface area contributed by atoms with E-state index in [9.17, 15) is 4.39 Å². The van der Waals surface area contributed by atoms with E-state index < -0.39 is 0 Å². The largest absolute Gasteiger partial charge is 0.346 e. The van der Waals surface area contributed by atoms with E-state index in [4.69, 9.17) is 12.2 Å². The molecule has 6 nitrogen and oxygen atoms in total. The molecule has 0 aliphatic heterocycles. The number of anilines is 1. The topological polar surface area (TPSA) is 50.9 Å². The number of halogens is 1. The van der Waals surface area contributed by atoms with Crippen molar-refractivity contribution in [2.45, 2.75) is 26.6 Å². The third-order valence-corrected chi connectivity index (χ3v) is 4.32. The van der Waals surface area contributed by atoms with Crippen LogP contribution in [0.1, 0.15) is 18.2 Å². The Bertz CT molecular complexity index is 870. The van der Waals surface area contributed by atoms with Gasteiger partial charge in [0.15, 0.2) is 5.11 Å². The lowest BCUT2D eigenvalue weighted by atomic mass is 10.2. The third kappa shape index (κ3) is 4.66. The molecule has 0 aliphatic rings. The summed E-state index contributed by atoms with van der Waals surface area (Å²) in [6, 6.07) is 8.38. The fraction of sp³-hybridized carbons (Fsp3) is 0.278. The van der Waals surface area contributed by atoms with E-state index in [0.717, 1.165) is 23.5 Å². The van der Waals surface area contributed by atoms with Gasteiger partial charge < -0.3 is 10.2 Å². The normalized spacial score (nSPS) is 10.7. The maximum atomic E-state index is 13.0. The van der Waals surface area contributed by atoms with Gasteiger partial charge in [-0.25, -0.2) is 4.39 Å². The van der Waals surface area contributed by atoms with Crippen molar-refractivity contribution in [3.8, 4) is 0 Å². The Morgan fingerprint density at radius 1 is 1.23 bits per heavy atom. The van der Waals surface area contributed by atoms with E-state index in [-0.39, 0.29) is 5.82 Å². The minimum atomic E-state index is -0.242. The van der Waals surface area contributed by atoms with Crippen molar-refractivity contribution in [2.75, 3.05) is 12.4 Å². The number of hydrogen-bond acceptors (Lipinski definition) is 3. The molecule has 3 aromatic rings. The molecule has 0 bridgehead atoms. The highest BCUT2D eigenvalue weighted by molar-refractivity contribution is 7.80. The molecule has 0 saturated heterocycles. The van der Waals surface area contributed by atoms with Gasteiger partial charge in [0.25, 0.3) is 0 Å². The average Bonchev–Trinajstić information content (AvgIpc) is 3.26. The lowest BCUT2D eigenvalue weighted by Crippen LogP contribution is -2.30. The minimum Gasteiger partial charge on any atom is -0.346 e. The minimum absolute atomic E-state index is 0.242. The summed E-state index contributed by atoms with van der Waals surface area (Å²) < 4.78 is 16.6. The second kappa shape index (κ2) is 8.09. The van der Waals surface area contributed by atoms with Gasteiger partial charge in [0.05, 0.1) is 30.7 Å². The molecule has 0 unspecified atom stereocenters. The van der Waals surface area contributed by atoms with Gasteiger partial charge in [0, 0.05) is 26.0 Å². The molecule has 0 aliphatic carbocycles. The molecule has 2 aromatic heterocycles. The van der Waals surface area contributed by atoms with Crippen molar-refractivity contribution >= 4 is 23.0 Å². The van der Waals surface area contributed by atoms with Crippen LogP contribution < -0.4 is 5.32 Å². The monoisotopic (exact) mass is 372 g/mol. The third-order valence-electron chi connectivity index (χ3n) is 3.91. The predicted octanol–water partition coefficient (Wildman–Crippen LogP) is 3.12. The van der Waals surface area contributed by atoms with Crippen LogP contribution in [0.25, 0.3) is 0 Å². The molecule has 0 spiro atoms. The van der Waals surface area contributed by atoms with E-state index in [1.807, 2.05) is 35.1 Å². The zero-order valence-electron chi connectivity index (χ0n) is 14.8. The Balaban J connectivity index is 1.55. The summed E-state index contributed by atoms with van der Waals surface area (Å²) in [5.41, 5.74) is 2.75. The molecule has 2 heterocycles. The summed E-state index contributed by atoms with van der Waals surface area (Å²) in [6.07, 6.45) is 5.55. The van der Waals surface area contributed by atoms with Gasteiger partial charge >= 0.3 is 0 Å². The number of aromatic nitrogens is 4. The van der Waals surface area contributed by atoms with Crippen molar-refractivity contribution in [1.82, 2.24) is 24.5 Å². The standard InChI is InChI=1S/C18H21FN6S/c1-3-24-9-8-16(22-24)12-23(2)18(26)21-17-10-20-25(13-17)11-14-4-6-15(19)7-5-14/h4-10,13H,3,11-12H2,1-2H3,(H,21,26). The van der Waals surface area contributed by atoms with Crippen LogP contribution in [0.4, 0.5) is 10.1 Å². The van der Waals surface area contributed by atoms with Crippen LogP contribution in [0, 0.1) is 5.82 Å². The lowest BCUT2D eigenvalue weighted by Gasteiger charge is -2.19. The molecule has 136 valence electrons. The number of hydrogen-bond donors (Lipinski definition) is 1. The van der Waals surface area contributed by atoms with Gasteiger partial charge in [0.2, 0.25) is 0 Å². The van der Waals surface area contributed by atoms with Gasteiger partial charge in [0.1, 0.15) is 5.82 Å². The highest BCUT2D eigenvalue weighted by atomic mass is 32.1. The number of rotatable bonds is 6. The molecular formula is C18H21FN6S. The van der Waals surface area contributed by atoms with Crippen LogP contribution in [-0.2, 0) is 19.6 Å². The second-order valence-corrected chi connectivity index (χ2v) is 6.39. The number of thiocarbonyl (C=S) groups is 1. The van der Waals surface area contributed by atoms with Crippen LogP contribution >= 0.6 is 12.2 Å². The van der Waals surface area contributed by atoms with Crippen LogP contribution in [0.5, 0.6) is 0 Å². The van der Waals surface area contributed by atoms with Crippen LogP contribution in [0.2, 0.25) is 0 Å². The molecular weight excluding hydrogens is 351 g/mol. The summed E-state index contributed by atoms with van der Waals surface area (Å²) in [4.78, 5) is 1.93. The first-order valence-electron chi connectivity index (χ1n) is 8.35. The van der Waals surface area contributed by atoms with Crippen LogP contribution in [0.3, 0.4) is 0 Å². The molecule has 26 heavy (non-hydrogen) atoms. The summed E-state index contributed by atoms with van der Waals surface area (Å²) in [7, 11) is 1.92. The Kier molecular flexibility index (Phi) is 5.62. The molecule has 3 rings (SSSR count). The number of nitrogens with zero attached hydrogens (tertiary/aromatic N) is 5. The Hall–Kier alpha value is -2.74. The molecule has 0 fully saturated rings. The van der Waals surface area contributed by atoms with E-state index in [1.165, 1.54) is 12.1 Å². The molecule has 1 N–H and O–H groups in total.